The average molecular weight is 463 g/mol. The molecule has 1 N–H and O–H groups in total. The summed E-state index contributed by atoms with van der Waals surface area (Å²) in [5.74, 6) is -2.41. The number of methoxy groups -OCH3 is 1. The first kappa shape index (κ1) is 23.5. The Morgan fingerprint density at radius 1 is 1.03 bits per heavy atom. The molecule has 1 aliphatic carbocycles. The molecule has 0 fully saturated rings. The van der Waals surface area contributed by atoms with Crippen LogP contribution < -0.4 is 9.47 Å². The number of hydrogen-bond donors (Lipinski definition) is 1. The molecule has 34 heavy (non-hydrogen) atoms. The van der Waals surface area contributed by atoms with Crippen LogP contribution in [0.5, 0.6) is 11.5 Å². The maximum Gasteiger partial charge on any atom is 0.310 e. The maximum absolute atomic E-state index is 15.4. The van der Waals surface area contributed by atoms with E-state index in [1.54, 1.807) is 0 Å². The topological polar surface area (TPSA) is 72.8 Å². The third-order valence-corrected chi connectivity index (χ3v) is 6.43. The number of ketones is 1. The van der Waals surface area contributed by atoms with Crippen LogP contribution >= 0.6 is 0 Å². The number of aryl methyl sites for hydroxylation is 1. The average Bonchev–Trinajstić information content (AvgIpc) is 3.19. The van der Waals surface area contributed by atoms with E-state index in [0.29, 0.717) is 6.42 Å². The quantitative estimate of drug-likeness (QED) is 0.442. The number of halogens is 1. The molecule has 6 heteroatoms. The number of aliphatic carboxylic acids is 1. The Morgan fingerprint density at radius 3 is 2.35 bits per heavy atom. The van der Waals surface area contributed by atoms with Gasteiger partial charge in [0.2, 0.25) is 0 Å². The minimum Gasteiger partial charge on any atom is -0.493 e. The molecule has 0 spiro atoms. The minimum absolute atomic E-state index is 0.139. The molecular formula is C28H27FO5. The standard InChI is InChI=1S/C28H27FO5/c1-18-6-5-7-19(14-18)12-13-34-26-24(33-2)11-10-22(25(26)29)23(30)17-28(27(31)32)15-20-8-3-4-9-21(20)16-28/h3-11,14H,12-13,15-17H2,1-2H3,(H,31,32). The highest BCUT2D eigenvalue weighted by Crippen LogP contribution is 2.42. The van der Waals surface area contributed by atoms with Crippen molar-refractivity contribution < 1.29 is 28.6 Å². The fraction of sp³-hybridized carbons (Fsp3) is 0.286. The maximum atomic E-state index is 15.4. The zero-order valence-corrected chi connectivity index (χ0v) is 19.3. The molecule has 0 heterocycles. The molecule has 0 amide bonds. The van der Waals surface area contributed by atoms with Crippen molar-refractivity contribution in [3.8, 4) is 11.5 Å². The van der Waals surface area contributed by atoms with E-state index in [9.17, 15) is 14.7 Å². The van der Waals surface area contributed by atoms with Gasteiger partial charge >= 0.3 is 5.97 Å². The molecule has 5 nitrogen and oxygen atoms in total. The first-order valence-corrected chi connectivity index (χ1v) is 11.2. The number of hydrogen-bond acceptors (Lipinski definition) is 4. The van der Waals surface area contributed by atoms with Crippen LogP contribution in [-0.4, -0.2) is 30.6 Å². The number of carbonyl (C=O) groups is 2. The SMILES string of the molecule is COc1ccc(C(=O)CC2(C(=O)O)Cc3ccccc3C2)c(F)c1OCCc1cccc(C)c1. The largest absolute Gasteiger partial charge is 0.493 e. The molecule has 176 valence electrons. The van der Waals surface area contributed by atoms with Crippen LogP contribution in [0.3, 0.4) is 0 Å². The molecule has 0 aliphatic heterocycles. The second-order valence-corrected chi connectivity index (χ2v) is 8.85. The van der Waals surface area contributed by atoms with Crippen molar-refractivity contribution >= 4 is 11.8 Å². The van der Waals surface area contributed by atoms with Crippen molar-refractivity contribution in [1.82, 2.24) is 0 Å². The zero-order valence-electron chi connectivity index (χ0n) is 19.3. The highest BCUT2D eigenvalue weighted by molar-refractivity contribution is 6.00. The Kier molecular flexibility index (Phi) is 6.68. The molecule has 3 aromatic carbocycles. The van der Waals surface area contributed by atoms with Crippen LogP contribution in [0.15, 0.2) is 60.7 Å². The van der Waals surface area contributed by atoms with Gasteiger partial charge < -0.3 is 14.6 Å². The van der Waals surface area contributed by atoms with E-state index in [-0.39, 0.29) is 42.9 Å². The molecule has 4 rings (SSSR count). The van der Waals surface area contributed by atoms with Crippen LogP contribution in [0, 0.1) is 18.2 Å². The van der Waals surface area contributed by atoms with E-state index in [1.807, 2.05) is 55.5 Å². The van der Waals surface area contributed by atoms with Crippen LogP contribution in [0.1, 0.15) is 39.0 Å². The van der Waals surface area contributed by atoms with Gasteiger partial charge in [-0.25, -0.2) is 4.39 Å². The van der Waals surface area contributed by atoms with Crippen molar-refractivity contribution in [2.24, 2.45) is 5.41 Å². The summed E-state index contributed by atoms with van der Waals surface area (Å²) in [5, 5.41) is 9.99. The Morgan fingerprint density at radius 2 is 1.74 bits per heavy atom. The first-order valence-electron chi connectivity index (χ1n) is 11.2. The molecule has 1 aliphatic rings. The van der Waals surface area contributed by atoms with Crippen molar-refractivity contribution in [2.45, 2.75) is 32.6 Å². The third kappa shape index (κ3) is 4.67. The smallest absolute Gasteiger partial charge is 0.310 e. The summed E-state index contributed by atoms with van der Waals surface area (Å²) < 4.78 is 26.4. The van der Waals surface area contributed by atoms with Crippen LogP contribution in [0.4, 0.5) is 4.39 Å². The zero-order chi connectivity index (χ0) is 24.3. The molecule has 0 radical (unpaired) electrons. The number of carbonyl (C=O) groups excluding carboxylic acids is 1. The van der Waals surface area contributed by atoms with E-state index in [4.69, 9.17) is 9.47 Å². The molecule has 3 aromatic rings. The van der Waals surface area contributed by atoms with Crippen LogP contribution in [0.25, 0.3) is 0 Å². The summed E-state index contributed by atoms with van der Waals surface area (Å²) in [6.45, 7) is 2.19. The van der Waals surface area contributed by atoms with Crippen LogP contribution in [0.2, 0.25) is 0 Å². The van der Waals surface area contributed by atoms with Gasteiger partial charge in [-0.15, -0.1) is 0 Å². The van der Waals surface area contributed by atoms with Gasteiger partial charge in [-0.1, -0.05) is 54.1 Å². The van der Waals surface area contributed by atoms with Gasteiger partial charge in [-0.2, -0.15) is 0 Å². The normalized spacial score (nSPS) is 13.9. The van der Waals surface area contributed by atoms with Gasteiger partial charge in [0.05, 0.1) is 24.7 Å². The van der Waals surface area contributed by atoms with Gasteiger partial charge in [0.1, 0.15) is 0 Å². The lowest BCUT2D eigenvalue weighted by Crippen LogP contribution is -2.34. The summed E-state index contributed by atoms with van der Waals surface area (Å²) in [4.78, 5) is 25.4. The second-order valence-electron chi connectivity index (χ2n) is 8.85. The van der Waals surface area contributed by atoms with Crippen LogP contribution in [-0.2, 0) is 24.1 Å². The Hall–Kier alpha value is -3.67. The molecule has 0 bridgehead atoms. The number of fused-ring (bicyclic) bond motifs is 1. The minimum atomic E-state index is -1.29. The molecule has 0 saturated carbocycles. The van der Waals surface area contributed by atoms with E-state index in [2.05, 4.69) is 0 Å². The first-order chi connectivity index (χ1) is 16.3. The van der Waals surface area contributed by atoms with Gasteiger partial charge in [0.15, 0.2) is 23.1 Å². The summed E-state index contributed by atoms with van der Waals surface area (Å²) in [5.41, 5.74) is 2.51. The molecule has 0 aromatic heterocycles. The number of ether oxygens (including phenoxy) is 2. The predicted molar refractivity (Wildman–Crippen MR) is 126 cm³/mol. The van der Waals surface area contributed by atoms with E-state index >= 15 is 4.39 Å². The number of carboxylic acid groups (broad SMARTS) is 1. The fourth-order valence-electron chi connectivity index (χ4n) is 4.64. The lowest BCUT2D eigenvalue weighted by Gasteiger charge is -2.23. The molecule has 0 atom stereocenters. The van der Waals surface area contributed by atoms with Gasteiger partial charge in [-0.3, -0.25) is 9.59 Å². The number of carboxylic acids is 1. The lowest BCUT2D eigenvalue weighted by molar-refractivity contribution is -0.148. The van der Waals surface area contributed by atoms with Crippen molar-refractivity contribution in [3.05, 3.63) is 94.3 Å². The summed E-state index contributed by atoms with van der Waals surface area (Å²) in [6.07, 6.45) is 0.732. The fourth-order valence-corrected chi connectivity index (χ4v) is 4.64. The monoisotopic (exact) mass is 462 g/mol. The van der Waals surface area contributed by atoms with Gasteiger partial charge in [0, 0.05) is 12.8 Å². The molecule has 0 unspecified atom stereocenters. The number of rotatable bonds is 9. The third-order valence-electron chi connectivity index (χ3n) is 6.43. The van der Waals surface area contributed by atoms with Crippen molar-refractivity contribution in [1.29, 1.82) is 0 Å². The van der Waals surface area contributed by atoms with E-state index in [0.717, 1.165) is 22.3 Å². The highest BCUT2D eigenvalue weighted by atomic mass is 19.1. The number of Topliss-reactive ketones (excluding diaryl/α,β-unsaturated/α-hetero) is 1. The predicted octanol–water partition coefficient (Wildman–Crippen LogP) is 5.21. The summed E-state index contributed by atoms with van der Waals surface area (Å²) in [6, 6.07) is 18.2. The second kappa shape index (κ2) is 9.67. The Bertz CT molecular complexity index is 1210. The molecule has 0 saturated heterocycles. The van der Waals surface area contributed by atoms with Gasteiger partial charge in [-0.05, 0) is 48.6 Å². The number of benzene rings is 3. The highest BCUT2D eigenvalue weighted by Gasteiger charge is 2.46. The Balaban J connectivity index is 1.54. The lowest BCUT2D eigenvalue weighted by atomic mass is 9.78. The van der Waals surface area contributed by atoms with Crippen molar-refractivity contribution in [2.75, 3.05) is 13.7 Å². The molecular weight excluding hydrogens is 435 g/mol. The van der Waals surface area contributed by atoms with E-state index in [1.165, 1.54) is 19.2 Å². The summed E-state index contributed by atoms with van der Waals surface area (Å²) >= 11 is 0. The van der Waals surface area contributed by atoms with E-state index < -0.39 is 23.0 Å². The summed E-state index contributed by atoms with van der Waals surface area (Å²) in [7, 11) is 1.40. The Labute approximate surface area is 198 Å². The van der Waals surface area contributed by atoms with Crippen molar-refractivity contribution in [3.63, 3.8) is 0 Å². The van der Waals surface area contributed by atoms with Gasteiger partial charge in [0.25, 0.3) is 0 Å².